The number of nitrogens with zero attached hydrogens (tertiary/aromatic N) is 5. The summed E-state index contributed by atoms with van der Waals surface area (Å²) >= 11 is 0. The molecule has 0 aliphatic carbocycles. The molecule has 0 amide bonds. The molecule has 0 rings (SSSR count). The minimum Gasteiger partial charge on any atom is -0.265 e. The van der Waals surface area contributed by atoms with E-state index in [1.54, 1.807) is 12.1 Å². The zero-order valence-corrected chi connectivity index (χ0v) is 6.31. The van der Waals surface area contributed by atoms with Crippen molar-refractivity contribution in [1.82, 2.24) is 5.43 Å². The zero-order valence-electron chi connectivity index (χ0n) is 6.31. The van der Waals surface area contributed by atoms with Gasteiger partial charge in [-0.3, -0.25) is 5.43 Å². The van der Waals surface area contributed by atoms with Crippen LogP contribution in [0.4, 0.5) is 0 Å². The molecule has 0 aliphatic heterocycles. The molecule has 0 aliphatic rings. The number of hydrogen-bond donors (Lipinski definition) is 1. The Labute approximate surface area is 74.2 Å². The number of nitrogens with one attached hydrogen (secondary N) is 1. The van der Waals surface area contributed by atoms with Crippen molar-refractivity contribution in [1.29, 1.82) is 21.0 Å². The van der Waals surface area contributed by atoms with Gasteiger partial charge in [0.2, 0.25) is 5.71 Å². The van der Waals surface area contributed by atoms with Gasteiger partial charge in [0.25, 0.3) is 0 Å². The van der Waals surface area contributed by atoms with Crippen molar-refractivity contribution in [3.05, 3.63) is 11.8 Å². The van der Waals surface area contributed by atoms with E-state index in [9.17, 15) is 0 Å². The van der Waals surface area contributed by atoms with Crippen LogP contribution in [0.2, 0.25) is 0 Å². The minimum atomic E-state index is -0.418. The third-order valence-electron chi connectivity index (χ3n) is 0.829. The average molecular weight is 170 g/mol. The van der Waals surface area contributed by atoms with Crippen LogP contribution in [-0.2, 0) is 0 Å². The highest BCUT2D eigenvalue weighted by molar-refractivity contribution is 6.10. The molecule has 0 atom stereocenters. The van der Waals surface area contributed by atoms with E-state index in [2.05, 4.69) is 10.5 Å². The smallest absolute Gasteiger partial charge is 0.237 e. The summed E-state index contributed by atoms with van der Waals surface area (Å²) in [6, 6.07) is 6.16. The van der Waals surface area contributed by atoms with Crippen molar-refractivity contribution in [2.75, 3.05) is 0 Å². The van der Waals surface area contributed by atoms with Gasteiger partial charge >= 0.3 is 0 Å². The van der Waals surface area contributed by atoms with Gasteiger partial charge in [0, 0.05) is 0 Å². The largest absolute Gasteiger partial charge is 0.265 e. The first kappa shape index (κ1) is 10.2. The van der Waals surface area contributed by atoms with Crippen molar-refractivity contribution in [3.63, 3.8) is 0 Å². The van der Waals surface area contributed by atoms with Crippen LogP contribution in [0.1, 0.15) is 0 Å². The van der Waals surface area contributed by atoms with Gasteiger partial charge in [-0.1, -0.05) is 0 Å². The van der Waals surface area contributed by atoms with Gasteiger partial charge in [0.1, 0.15) is 23.9 Å². The Hall–Kier alpha value is -2.83. The van der Waals surface area contributed by atoms with Gasteiger partial charge in [-0.05, 0) is 0 Å². The fourth-order valence-corrected chi connectivity index (χ4v) is 0.345. The standard InChI is InChI=1S/C7H2N6/c8-2-1-6(3-9)12-13-7(4-10)5-11/h1,12H/b6-1+. The number of hydrazone groups is 1. The second kappa shape index (κ2) is 5.92. The van der Waals surface area contributed by atoms with Crippen molar-refractivity contribution in [3.8, 4) is 24.3 Å². The minimum absolute atomic E-state index is 0.134. The molecule has 60 valence electrons. The number of nitriles is 4. The van der Waals surface area contributed by atoms with Crippen LogP contribution in [-0.4, -0.2) is 5.71 Å². The quantitative estimate of drug-likeness (QED) is 0.352. The highest BCUT2D eigenvalue weighted by atomic mass is 15.3. The molecule has 0 aromatic carbocycles. The van der Waals surface area contributed by atoms with Gasteiger partial charge in [-0.2, -0.15) is 26.1 Å². The molecule has 0 fully saturated rings. The SMILES string of the molecule is N#C/C=C(\C#N)NN=C(C#N)C#N. The second-order valence-corrected chi connectivity index (χ2v) is 1.59. The van der Waals surface area contributed by atoms with Crippen LogP contribution in [0.3, 0.4) is 0 Å². The first-order chi connectivity index (χ1) is 6.28. The topological polar surface area (TPSA) is 120 Å². The highest BCUT2D eigenvalue weighted by Crippen LogP contribution is 1.84. The summed E-state index contributed by atoms with van der Waals surface area (Å²) in [6.45, 7) is 0. The van der Waals surface area contributed by atoms with Gasteiger partial charge in [-0.15, -0.1) is 0 Å². The Morgan fingerprint density at radius 3 is 2.08 bits per heavy atom. The molecule has 0 aromatic heterocycles. The van der Waals surface area contributed by atoms with E-state index in [1.165, 1.54) is 12.1 Å². The lowest BCUT2D eigenvalue weighted by Gasteiger charge is -1.91. The Morgan fingerprint density at radius 1 is 1.08 bits per heavy atom. The van der Waals surface area contributed by atoms with Gasteiger partial charge < -0.3 is 0 Å². The Morgan fingerprint density at radius 2 is 1.69 bits per heavy atom. The average Bonchev–Trinajstić information content (AvgIpc) is 2.17. The first-order valence-corrected chi connectivity index (χ1v) is 2.92. The van der Waals surface area contributed by atoms with Gasteiger partial charge in [0.05, 0.1) is 12.1 Å². The molecule has 0 aromatic rings. The Kier molecular flexibility index (Phi) is 4.63. The number of allylic oxidation sites excluding steroid dienone is 2. The van der Waals surface area contributed by atoms with Crippen molar-refractivity contribution in [2.45, 2.75) is 0 Å². The molecule has 0 saturated carbocycles. The summed E-state index contributed by atoms with van der Waals surface area (Å²) in [5.41, 5.74) is 1.54. The third kappa shape index (κ3) is 3.78. The molecule has 0 unspecified atom stereocenters. The summed E-state index contributed by atoms with van der Waals surface area (Å²) < 4.78 is 0. The third-order valence-corrected chi connectivity index (χ3v) is 0.829. The lowest BCUT2D eigenvalue weighted by atomic mass is 10.4. The maximum Gasteiger partial charge on any atom is 0.237 e. The summed E-state index contributed by atoms with van der Waals surface area (Å²) in [6.07, 6.45) is 0.913. The maximum atomic E-state index is 8.35. The summed E-state index contributed by atoms with van der Waals surface area (Å²) in [4.78, 5) is 0. The monoisotopic (exact) mass is 170 g/mol. The summed E-state index contributed by atoms with van der Waals surface area (Å²) in [7, 11) is 0. The van der Waals surface area contributed by atoms with Gasteiger partial charge in [0.15, 0.2) is 0 Å². The zero-order chi connectivity index (χ0) is 10.1. The molecule has 13 heavy (non-hydrogen) atoms. The molecule has 1 N–H and O–H groups in total. The predicted octanol–water partition coefficient (Wildman–Crippen LogP) is -0.0898. The lowest BCUT2D eigenvalue weighted by Crippen LogP contribution is -2.06. The predicted molar refractivity (Wildman–Crippen MR) is 41.1 cm³/mol. The molecular formula is C7H2N6. The molecule has 0 radical (unpaired) electrons. The molecule has 6 heteroatoms. The van der Waals surface area contributed by atoms with Gasteiger partial charge in [-0.25, -0.2) is 0 Å². The maximum absolute atomic E-state index is 8.35. The van der Waals surface area contributed by atoms with E-state index in [4.69, 9.17) is 21.0 Å². The molecule has 6 nitrogen and oxygen atoms in total. The molecule has 0 bridgehead atoms. The molecule has 0 saturated heterocycles. The Balaban J connectivity index is 4.54. The summed E-state index contributed by atoms with van der Waals surface area (Å²) in [5, 5.41) is 36.2. The lowest BCUT2D eigenvalue weighted by molar-refractivity contribution is 0.926. The van der Waals surface area contributed by atoms with Crippen LogP contribution in [0, 0.1) is 45.3 Å². The fraction of sp³-hybridized carbons (Fsp3) is 0. The van der Waals surface area contributed by atoms with Crippen molar-refractivity contribution < 1.29 is 0 Å². The van der Waals surface area contributed by atoms with E-state index in [0.29, 0.717) is 0 Å². The van der Waals surface area contributed by atoms with Crippen LogP contribution in [0.5, 0.6) is 0 Å². The van der Waals surface area contributed by atoms with Crippen molar-refractivity contribution in [2.24, 2.45) is 5.10 Å². The van der Waals surface area contributed by atoms with Crippen LogP contribution in [0.15, 0.2) is 16.9 Å². The number of rotatable bonds is 2. The molecule has 0 spiro atoms. The van der Waals surface area contributed by atoms with E-state index in [-0.39, 0.29) is 5.70 Å². The molecular weight excluding hydrogens is 168 g/mol. The van der Waals surface area contributed by atoms with Crippen LogP contribution in [0.25, 0.3) is 0 Å². The Bertz CT molecular complexity index is 386. The van der Waals surface area contributed by atoms with E-state index >= 15 is 0 Å². The van der Waals surface area contributed by atoms with E-state index in [1.807, 2.05) is 0 Å². The first-order valence-electron chi connectivity index (χ1n) is 2.92. The van der Waals surface area contributed by atoms with E-state index < -0.39 is 5.71 Å². The summed E-state index contributed by atoms with van der Waals surface area (Å²) in [5.74, 6) is 0. The second-order valence-electron chi connectivity index (χ2n) is 1.59. The molecule has 0 heterocycles. The van der Waals surface area contributed by atoms with Crippen molar-refractivity contribution >= 4 is 5.71 Å². The normalized spacial score (nSPS) is 8.15. The van der Waals surface area contributed by atoms with Crippen LogP contribution < -0.4 is 5.43 Å². The van der Waals surface area contributed by atoms with E-state index in [0.717, 1.165) is 6.08 Å². The number of hydrogen-bond acceptors (Lipinski definition) is 6. The fourth-order valence-electron chi connectivity index (χ4n) is 0.345. The van der Waals surface area contributed by atoms with Crippen LogP contribution >= 0.6 is 0 Å². The highest BCUT2D eigenvalue weighted by Gasteiger charge is 1.94.